The lowest BCUT2D eigenvalue weighted by Gasteiger charge is -2.09. The van der Waals surface area contributed by atoms with Gasteiger partial charge in [0.2, 0.25) is 0 Å². The highest BCUT2D eigenvalue weighted by Gasteiger charge is 2.14. The molecule has 0 aliphatic carbocycles. The second-order valence-electron chi connectivity index (χ2n) is 3.12. The van der Waals surface area contributed by atoms with Crippen LogP contribution in [0.3, 0.4) is 0 Å². The Kier molecular flexibility index (Phi) is 2.61. The van der Waals surface area contributed by atoms with E-state index in [0.717, 1.165) is 16.1 Å². The number of aliphatic hydroxyl groups is 1. The molecule has 14 heavy (non-hydrogen) atoms. The topological polar surface area (TPSA) is 33.1 Å². The third-order valence-electron chi connectivity index (χ3n) is 2.12. The van der Waals surface area contributed by atoms with Crippen LogP contribution in [-0.4, -0.2) is 10.1 Å². The van der Waals surface area contributed by atoms with Crippen molar-refractivity contribution in [3.05, 3.63) is 52.0 Å². The third kappa shape index (κ3) is 1.69. The fourth-order valence-electron chi connectivity index (χ4n) is 1.37. The van der Waals surface area contributed by atoms with E-state index in [4.69, 9.17) is 0 Å². The minimum absolute atomic E-state index is 0.587. The van der Waals surface area contributed by atoms with E-state index in [1.54, 1.807) is 17.5 Å². The van der Waals surface area contributed by atoms with Gasteiger partial charge in [-0.25, -0.2) is 0 Å². The molecule has 72 valence electrons. The van der Waals surface area contributed by atoms with Crippen LogP contribution in [0.4, 0.5) is 0 Å². The zero-order valence-electron chi connectivity index (χ0n) is 7.84. The number of thiophene rings is 1. The number of aliphatic hydroxyl groups excluding tert-OH is 1. The van der Waals surface area contributed by atoms with E-state index < -0.39 is 6.10 Å². The summed E-state index contributed by atoms with van der Waals surface area (Å²) in [6.45, 7) is 1.96. The normalized spacial score (nSPS) is 12.7. The van der Waals surface area contributed by atoms with E-state index in [2.05, 4.69) is 4.98 Å². The molecular formula is C11H11NOS. The van der Waals surface area contributed by atoms with Gasteiger partial charge in [0.05, 0.1) is 5.69 Å². The Bertz CT molecular complexity index is 411. The number of hydrogen-bond acceptors (Lipinski definition) is 3. The van der Waals surface area contributed by atoms with Gasteiger partial charge >= 0.3 is 0 Å². The van der Waals surface area contributed by atoms with E-state index in [1.807, 2.05) is 36.6 Å². The first-order chi connectivity index (χ1) is 6.79. The third-order valence-corrected chi connectivity index (χ3v) is 3.05. The first-order valence-corrected chi connectivity index (χ1v) is 5.30. The summed E-state index contributed by atoms with van der Waals surface area (Å²) >= 11 is 1.54. The number of nitrogens with zero attached hydrogens (tertiary/aromatic N) is 1. The Labute approximate surface area is 86.9 Å². The van der Waals surface area contributed by atoms with Crippen LogP contribution < -0.4 is 0 Å². The number of aromatic nitrogens is 1. The van der Waals surface area contributed by atoms with Crippen LogP contribution in [0.5, 0.6) is 0 Å². The maximum atomic E-state index is 10.0. The molecule has 0 radical (unpaired) electrons. The van der Waals surface area contributed by atoms with Gasteiger partial charge in [0.25, 0.3) is 0 Å². The van der Waals surface area contributed by atoms with Crippen molar-refractivity contribution >= 4 is 11.3 Å². The number of pyridine rings is 1. The molecule has 1 atom stereocenters. The van der Waals surface area contributed by atoms with Crippen molar-refractivity contribution in [1.29, 1.82) is 0 Å². The second kappa shape index (κ2) is 3.90. The van der Waals surface area contributed by atoms with Gasteiger partial charge in [0.1, 0.15) is 6.10 Å². The molecule has 2 heterocycles. The Hall–Kier alpha value is -1.19. The van der Waals surface area contributed by atoms with E-state index in [1.165, 1.54) is 0 Å². The van der Waals surface area contributed by atoms with Crippen molar-refractivity contribution in [1.82, 2.24) is 4.98 Å². The van der Waals surface area contributed by atoms with Crippen LogP contribution in [0.1, 0.15) is 22.2 Å². The van der Waals surface area contributed by atoms with Gasteiger partial charge in [-0.2, -0.15) is 0 Å². The van der Waals surface area contributed by atoms with Gasteiger partial charge in [-0.1, -0.05) is 12.1 Å². The molecule has 1 unspecified atom stereocenters. The molecule has 0 aromatic carbocycles. The summed E-state index contributed by atoms with van der Waals surface area (Å²) in [5.74, 6) is 0. The highest BCUT2D eigenvalue weighted by atomic mass is 32.1. The monoisotopic (exact) mass is 205 g/mol. The summed E-state index contributed by atoms with van der Waals surface area (Å²) < 4.78 is 0. The molecule has 2 aromatic heterocycles. The molecule has 0 aliphatic heterocycles. The van der Waals surface area contributed by atoms with E-state index >= 15 is 0 Å². The van der Waals surface area contributed by atoms with Gasteiger partial charge in [-0.3, -0.25) is 4.98 Å². The van der Waals surface area contributed by atoms with Crippen LogP contribution in [-0.2, 0) is 0 Å². The van der Waals surface area contributed by atoms with E-state index in [-0.39, 0.29) is 0 Å². The zero-order valence-corrected chi connectivity index (χ0v) is 8.66. The quantitative estimate of drug-likeness (QED) is 0.817. The molecule has 0 spiro atoms. The Balaban J connectivity index is 2.37. The average molecular weight is 205 g/mol. The number of rotatable bonds is 2. The van der Waals surface area contributed by atoms with Crippen molar-refractivity contribution in [3.63, 3.8) is 0 Å². The summed E-state index contributed by atoms with van der Waals surface area (Å²) in [5, 5.41) is 12.0. The lowest BCUT2D eigenvalue weighted by Crippen LogP contribution is -2.02. The van der Waals surface area contributed by atoms with Crippen molar-refractivity contribution < 1.29 is 5.11 Å². The molecule has 2 aromatic rings. The van der Waals surface area contributed by atoms with Crippen LogP contribution in [0, 0.1) is 6.92 Å². The van der Waals surface area contributed by atoms with Gasteiger partial charge in [0, 0.05) is 11.1 Å². The molecule has 0 amide bonds. The van der Waals surface area contributed by atoms with E-state index in [9.17, 15) is 5.11 Å². The maximum absolute atomic E-state index is 10.0. The van der Waals surface area contributed by atoms with Crippen molar-refractivity contribution in [2.24, 2.45) is 0 Å². The highest BCUT2D eigenvalue weighted by molar-refractivity contribution is 7.10. The van der Waals surface area contributed by atoms with Crippen LogP contribution in [0.25, 0.3) is 0 Å². The van der Waals surface area contributed by atoms with Gasteiger partial charge in [-0.05, 0) is 30.0 Å². The molecule has 0 aliphatic rings. The zero-order chi connectivity index (χ0) is 9.97. The van der Waals surface area contributed by atoms with Crippen molar-refractivity contribution in [3.8, 4) is 0 Å². The molecule has 2 nitrogen and oxygen atoms in total. The van der Waals surface area contributed by atoms with Gasteiger partial charge < -0.3 is 5.11 Å². The molecule has 0 saturated heterocycles. The van der Waals surface area contributed by atoms with Crippen molar-refractivity contribution in [2.45, 2.75) is 13.0 Å². The summed E-state index contributed by atoms with van der Waals surface area (Å²) in [6, 6.07) is 7.68. The largest absolute Gasteiger partial charge is 0.381 e. The lowest BCUT2D eigenvalue weighted by atomic mass is 10.1. The molecular weight excluding hydrogens is 194 g/mol. The first kappa shape index (κ1) is 9.37. The minimum atomic E-state index is -0.587. The van der Waals surface area contributed by atoms with Crippen molar-refractivity contribution in [2.75, 3.05) is 0 Å². The minimum Gasteiger partial charge on any atom is -0.381 e. The second-order valence-corrected chi connectivity index (χ2v) is 4.10. The number of aryl methyl sites for hydroxylation is 1. The molecule has 0 bridgehead atoms. The lowest BCUT2D eigenvalue weighted by molar-refractivity contribution is 0.218. The van der Waals surface area contributed by atoms with E-state index in [0.29, 0.717) is 0 Å². The fraction of sp³-hybridized carbons (Fsp3) is 0.182. The predicted octanol–water partition coefficient (Wildman–Crippen LogP) is 2.53. The summed E-state index contributed by atoms with van der Waals surface area (Å²) in [7, 11) is 0. The molecule has 0 saturated carbocycles. The maximum Gasteiger partial charge on any atom is 0.130 e. The highest BCUT2D eigenvalue weighted by Crippen LogP contribution is 2.25. The molecule has 1 N–H and O–H groups in total. The predicted molar refractivity (Wildman–Crippen MR) is 57.4 cm³/mol. The average Bonchev–Trinajstić information content (AvgIpc) is 2.70. The van der Waals surface area contributed by atoms with Gasteiger partial charge in [0.15, 0.2) is 0 Å². The SMILES string of the molecule is Cc1cccnc1C(O)c1cccs1. The van der Waals surface area contributed by atoms with Crippen LogP contribution in [0.15, 0.2) is 35.8 Å². The standard InChI is InChI=1S/C11H11NOS/c1-8-4-2-6-12-10(8)11(13)9-5-3-7-14-9/h2-7,11,13H,1H3. The number of hydrogen-bond donors (Lipinski definition) is 1. The Morgan fingerprint density at radius 2 is 2.21 bits per heavy atom. The van der Waals surface area contributed by atoms with Gasteiger partial charge in [-0.15, -0.1) is 11.3 Å². The van der Waals surface area contributed by atoms with Crippen LogP contribution >= 0.6 is 11.3 Å². The molecule has 0 fully saturated rings. The molecule has 2 rings (SSSR count). The fourth-order valence-corrected chi connectivity index (χ4v) is 2.08. The molecule has 3 heteroatoms. The van der Waals surface area contributed by atoms with Crippen LogP contribution in [0.2, 0.25) is 0 Å². The summed E-state index contributed by atoms with van der Waals surface area (Å²) in [5.41, 5.74) is 1.77. The Morgan fingerprint density at radius 3 is 2.86 bits per heavy atom. The summed E-state index contributed by atoms with van der Waals surface area (Å²) in [6.07, 6.45) is 1.12. The smallest absolute Gasteiger partial charge is 0.130 e. The Morgan fingerprint density at radius 1 is 1.36 bits per heavy atom. The summed E-state index contributed by atoms with van der Waals surface area (Å²) in [4.78, 5) is 5.13. The first-order valence-electron chi connectivity index (χ1n) is 4.42.